The van der Waals surface area contributed by atoms with Crippen LogP contribution in [0.1, 0.15) is 81.6 Å². The summed E-state index contributed by atoms with van der Waals surface area (Å²) in [4.78, 5) is 0. The van der Waals surface area contributed by atoms with Crippen molar-refractivity contribution in [3.8, 4) is 0 Å². The van der Waals surface area contributed by atoms with E-state index in [0.717, 1.165) is 19.4 Å². The summed E-state index contributed by atoms with van der Waals surface area (Å²) in [7, 11) is 0. The first-order valence-corrected chi connectivity index (χ1v) is 7.55. The standard InChI is InChI=1S/C17H37NO/c1-14(2,3)12-15(4,5)13-17(8,9)19-11-10-16(6,7)18/h10-13,18H2,1-9H3. The second kappa shape index (κ2) is 6.13. The normalized spacial score (nSPS) is 14.8. The smallest absolute Gasteiger partial charge is 0.0631 e. The fourth-order valence-corrected chi connectivity index (χ4v) is 3.29. The highest BCUT2D eigenvalue weighted by atomic mass is 16.5. The third-order valence-electron chi connectivity index (χ3n) is 3.15. The molecule has 116 valence electrons. The van der Waals surface area contributed by atoms with Gasteiger partial charge >= 0.3 is 0 Å². The highest BCUT2D eigenvalue weighted by Gasteiger charge is 2.32. The molecule has 19 heavy (non-hydrogen) atoms. The fourth-order valence-electron chi connectivity index (χ4n) is 3.29. The molecule has 0 aliphatic rings. The number of hydrogen-bond acceptors (Lipinski definition) is 2. The predicted molar refractivity (Wildman–Crippen MR) is 85.4 cm³/mol. The van der Waals surface area contributed by atoms with E-state index >= 15 is 0 Å². The van der Waals surface area contributed by atoms with Crippen molar-refractivity contribution < 1.29 is 4.74 Å². The minimum Gasteiger partial charge on any atom is -0.375 e. The first kappa shape index (κ1) is 18.9. The first-order valence-electron chi connectivity index (χ1n) is 7.55. The molecule has 0 saturated carbocycles. The molecule has 0 bridgehead atoms. The van der Waals surface area contributed by atoms with Gasteiger partial charge in [0.15, 0.2) is 0 Å². The maximum Gasteiger partial charge on any atom is 0.0631 e. The second-order valence-electron chi connectivity index (χ2n) is 9.43. The van der Waals surface area contributed by atoms with Crippen LogP contribution in [0.15, 0.2) is 0 Å². The van der Waals surface area contributed by atoms with Gasteiger partial charge in [-0.2, -0.15) is 0 Å². The fraction of sp³-hybridized carbons (Fsp3) is 1.00. The van der Waals surface area contributed by atoms with Crippen molar-refractivity contribution in [2.75, 3.05) is 6.61 Å². The molecule has 0 spiro atoms. The van der Waals surface area contributed by atoms with Gasteiger partial charge < -0.3 is 10.5 Å². The van der Waals surface area contributed by atoms with Crippen molar-refractivity contribution in [3.63, 3.8) is 0 Å². The lowest BCUT2D eigenvalue weighted by atomic mass is 9.71. The Bertz CT molecular complexity index is 266. The molecule has 0 aliphatic heterocycles. The molecule has 0 heterocycles. The molecule has 2 heteroatoms. The van der Waals surface area contributed by atoms with Gasteiger partial charge in [0.05, 0.1) is 5.60 Å². The van der Waals surface area contributed by atoms with Crippen LogP contribution in [-0.2, 0) is 4.74 Å². The zero-order valence-corrected chi connectivity index (χ0v) is 14.8. The Hall–Kier alpha value is -0.0800. The molecule has 2 nitrogen and oxygen atoms in total. The van der Waals surface area contributed by atoms with E-state index in [1.807, 2.05) is 13.8 Å². The van der Waals surface area contributed by atoms with Crippen molar-refractivity contribution in [3.05, 3.63) is 0 Å². The molecule has 0 radical (unpaired) electrons. The Kier molecular flexibility index (Phi) is 6.11. The SMILES string of the molecule is CC(C)(C)CC(C)(C)CC(C)(C)OCCC(C)(C)N. The van der Waals surface area contributed by atoms with E-state index in [9.17, 15) is 0 Å². The van der Waals surface area contributed by atoms with Crippen LogP contribution in [0, 0.1) is 10.8 Å². The summed E-state index contributed by atoms with van der Waals surface area (Å²) in [5.74, 6) is 0. The highest BCUT2D eigenvalue weighted by molar-refractivity contribution is 4.84. The molecule has 0 aromatic rings. The lowest BCUT2D eigenvalue weighted by Crippen LogP contribution is -2.37. The summed E-state index contributed by atoms with van der Waals surface area (Å²) >= 11 is 0. The van der Waals surface area contributed by atoms with E-state index < -0.39 is 0 Å². The van der Waals surface area contributed by atoms with Crippen LogP contribution in [0.3, 0.4) is 0 Å². The van der Waals surface area contributed by atoms with Crippen LogP contribution in [0.5, 0.6) is 0 Å². The molecule has 0 saturated heterocycles. The molecule has 0 amide bonds. The van der Waals surface area contributed by atoms with E-state index in [0.29, 0.717) is 10.8 Å². The molecular weight excluding hydrogens is 234 g/mol. The van der Waals surface area contributed by atoms with Gasteiger partial charge in [0.1, 0.15) is 0 Å². The second-order valence-corrected chi connectivity index (χ2v) is 9.43. The zero-order valence-electron chi connectivity index (χ0n) is 14.8. The monoisotopic (exact) mass is 271 g/mol. The quantitative estimate of drug-likeness (QED) is 0.724. The van der Waals surface area contributed by atoms with Crippen LogP contribution >= 0.6 is 0 Å². The van der Waals surface area contributed by atoms with E-state index in [1.165, 1.54) is 6.42 Å². The van der Waals surface area contributed by atoms with Crippen molar-refractivity contribution in [2.45, 2.75) is 92.7 Å². The number of hydrogen-bond donors (Lipinski definition) is 1. The Morgan fingerprint density at radius 3 is 1.63 bits per heavy atom. The van der Waals surface area contributed by atoms with E-state index in [1.54, 1.807) is 0 Å². The van der Waals surface area contributed by atoms with Crippen LogP contribution in [0.25, 0.3) is 0 Å². The van der Waals surface area contributed by atoms with Gasteiger partial charge in [-0.3, -0.25) is 0 Å². The average molecular weight is 271 g/mol. The molecule has 0 aliphatic carbocycles. The van der Waals surface area contributed by atoms with E-state index in [2.05, 4.69) is 48.5 Å². The third kappa shape index (κ3) is 11.4. The summed E-state index contributed by atoms with van der Waals surface area (Å²) in [6, 6.07) is 0. The maximum atomic E-state index is 6.08. The third-order valence-corrected chi connectivity index (χ3v) is 3.15. The Labute approximate surface area is 121 Å². The molecule has 0 rings (SSSR count). The summed E-state index contributed by atoms with van der Waals surface area (Å²) in [5.41, 5.74) is 6.42. The average Bonchev–Trinajstić information content (AvgIpc) is 1.90. The van der Waals surface area contributed by atoms with Gasteiger partial charge in [0.2, 0.25) is 0 Å². The maximum absolute atomic E-state index is 6.08. The Balaban J connectivity index is 4.35. The van der Waals surface area contributed by atoms with Gasteiger partial charge in [-0.05, 0) is 57.8 Å². The lowest BCUT2D eigenvalue weighted by molar-refractivity contribution is -0.0556. The molecule has 2 N–H and O–H groups in total. The molecule has 0 atom stereocenters. The number of rotatable bonds is 7. The lowest BCUT2D eigenvalue weighted by Gasteiger charge is -2.39. The topological polar surface area (TPSA) is 35.2 Å². The Morgan fingerprint density at radius 1 is 0.789 bits per heavy atom. The summed E-state index contributed by atoms with van der Waals surface area (Å²) < 4.78 is 6.08. The van der Waals surface area contributed by atoms with Crippen LogP contribution in [0.2, 0.25) is 0 Å². The van der Waals surface area contributed by atoms with E-state index in [-0.39, 0.29) is 11.1 Å². The Morgan fingerprint density at radius 2 is 1.26 bits per heavy atom. The number of ether oxygens (including phenoxy) is 1. The van der Waals surface area contributed by atoms with Crippen LogP contribution in [-0.4, -0.2) is 17.7 Å². The summed E-state index contributed by atoms with van der Waals surface area (Å²) in [5, 5.41) is 0. The van der Waals surface area contributed by atoms with Gasteiger partial charge in [-0.1, -0.05) is 34.6 Å². The first-order chi connectivity index (χ1) is 8.12. The largest absolute Gasteiger partial charge is 0.375 e. The van der Waals surface area contributed by atoms with Gasteiger partial charge in [-0.25, -0.2) is 0 Å². The summed E-state index contributed by atoms with van der Waals surface area (Å²) in [6.07, 6.45) is 3.17. The highest BCUT2D eigenvalue weighted by Crippen LogP contribution is 2.39. The van der Waals surface area contributed by atoms with Gasteiger partial charge in [0, 0.05) is 12.1 Å². The minimum atomic E-state index is -0.142. The van der Waals surface area contributed by atoms with Gasteiger partial charge in [0.25, 0.3) is 0 Å². The molecular formula is C17H37NO. The number of nitrogens with two attached hydrogens (primary N) is 1. The molecule has 0 unspecified atom stereocenters. The summed E-state index contributed by atoms with van der Waals surface area (Å²) in [6.45, 7) is 20.8. The van der Waals surface area contributed by atoms with Crippen molar-refractivity contribution in [1.82, 2.24) is 0 Å². The minimum absolute atomic E-state index is 0.0833. The van der Waals surface area contributed by atoms with Gasteiger partial charge in [-0.15, -0.1) is 0 Å². The van der Waals surface area contributed by atoms with Crippen molar-refractivity contribution in [1.29, 1.82) is 0 Å². The van der Waals surface area contributed by atoms with Crippen LogP contribution < -0.4 is 5.73 Å². The van der Waals surface area contributed by atoms with Crippen molar-refractivity contribution >= 4 is 0 Å². The van der Waals surface area contributed by atoms with Crippen LogP contribution in [0.4, 0.5) is 0 Å². The molecule has 0 fully saturated rings. The van der Waals surface area contributed by atoms with E-state index in [4.69, 9.17) is 10.5 Å². The van der Waals surface area contributed by atoms with Crippen molar-refractivity contribution in [2.24, 2.45) is 16.6 Å². The zero-order chi connectivity index (χ0) is 15.5. The predicted octanol–water partition coefficient (Wildman–Crippen LogP) is 4.76. The molecule has 0 aromatic heterocycles. The molecule has 0 aromatic carbocycles.